The number of piperidine rings is 1. The number of halogens is 1. The van der Waals surface area contributed by atoms with Gasteiger partial charge in [-0.15, -0.1) is 0 Å². The summed E-state index contributed by atoms with van der Waals surface area (Å²) in [4.78, 5) is 61.4. The van der Waals surface area contributed by atoms with Crippen molar-refractivity contribution in [2.75, 3.05) is 18.0 Å². The quantitative estimate of drug-likeness (QED) is 0.181. The molecule has 6 rings (SSSR count). The van der Waals surface area contributed by atoms with Crippen LogP contribution < -0.4 is 16.0 Å². The zero-order chi connectivity index (χ0) is 39.2. The van der Waals surface area contributed by atoms with Gasteiger partial charge in [0.2, 0.25) is 23.6 Å². The highest BCUT2D eigenvalue weighted by Gasteiger charge is 2.39. The Hall–Kier alpha value is -5.19. The molecule has 0 saturated carbocycles. The lowest BCUT2D eigenvalue weighted by Crippen LogP contribution is -2.60. The topological polar surface area (TPSA) is 136 Å². The van der Waals surface area contributed by atoms with Crippen molar-refractivity contribution in [1.29, 1.82) is 0 Å². The van der Waals surface area contributed by atoms with Gasteiger partial charge in [0, 0.05) is 55.6 Å². The summed E-state index contributed by atoms with van der Waals surface area (Å²) >= 11 is 6.19. The summed E-state index contributed by atoms with van der Waals surface area (Å²) in [6.07, 6.45) is 2.28. The van der Waals surface area contributed by atoms with Crippen molar-refractivity contribution in [3.8, 4) is 5.75 Å². The molecule has 2 aliphatic rings. The Labute approximate surface area is 328 Å². The average molecular weight is 764 g/mol. The number of fused-ring (bicyclic) bond motifs is 1. The Morgan fingerprint density at radius 2 is 1.49 bits per heavy atom. The van der Waals surface area contributed by atoms with Crippen molar-refractivity contribution in [2.45, 2.75) is 90.0 Å². The Kier molecular flexibility index (Phi) is 12.6. The lowest BCUT2D eigenvalue weighted by molar-refractivity contribution is -0.144. The number of nitrogens with two attached hydrogens (primary N) is 1. The normalized spacial score (nSPS) is 16.9. The summed E-state index contributed by atoms with van der Waals surface area (Å²) < 4.78 is 0. The van der Waals surface area contributed by atoms with Crippen LogP contribution in [-0.2, 0) is 45.0 Å². The van der Waals surface area contributed by atoms with Gasteiger partial charge in [-0.1, -0.05) is 73.1 Å². The van der Waals surface area contributed by atoms with Crippen LogP contribution in [0, 0.1) is 13.8 Å². The average Bonchev–Trinajstić information content (AvgIpc) is 3.19. The first-order chi connectivity index (χ1) is 26.4. The number of rotatable bonds is 11. The third-order valence-electron chi connectivity index (χ3n) is 11.0. The van der Waals surface area contributed by atoms with Gasteiger partial charge >= 0.3 is 0 Å². The number of aryl methyl sites for hydroxylation is 2. The molecule has 0 unspecified atom stereocenters. The third-order valence-corrected chi connectivity index (χ3v) is 11.2. The molecule has 0 aliphatic carbocycles. The van der Waals surface area contributed by atoms with Crippen LogP contribution in [0.5, 0.6) is 5.75 Å². The number of hydrogen-bond donors (Lipinski definition) is 3. The van der Waals surface area contributed by atoms with E-state index in [0.29, 0.717) is 37.4 Å². The molecule has 0 radical (unpaired) electrons. The summed E-state index contributed by atoms with van der Waals surface area (Å²) in [7, 11) is 0. The van der Waals surface area contributed by atoms with Gasteiger partial charge in [-0.05, 0) is 103 Å². The fourth-order valence-electron chi connectivity index (χ4n) is 8.01. The van der Waals surface area contributed by atoms with Gasteiger partial charge in [-0.25, -0.2) is 0 Å². The van der Waals surface area contributed by atoms with E-state index in [1.807, 2.05) is 92.4 Å². The number of hydrogen-bond acceptors (Lipinski definition) is 6. The number of benzene rings is 4. The van der Waals surface area contributed by atoms with E-state index in [-0.39, 0.29) is 55.3 Å². The van der Waals surface area contributed by atoms with E-state index < -0.39 is 24.0 Å². The van der Waals surface area contributed by atoms with Crippen molar-refractivity contribution in [3.63, 3.8) is 0 Å². The van der Waals surface area contributed by atoms with Gasteiger partial charge in [0.25, 0.3) is 0 Å². The fraction of sp³-hybridized carbons (Fsp3) is 0.364. The summed E-state index contributed by atoms with van der Waals surface area (Å²) in [5.74, 6) is -0.841. The highest BCUT2D eigenvalue weighted by molar-refractivity contribution is 6.30. The smallest absolute Gasteiger partial charge is 0.245 e. The second-order valence-corrected chi connectivity index (χ2v) is 15.2. The van der Waals surface area contributed by atoms with Crippen LogP contribution in [0.4, 0.5) is 5.69 Å². The van der Waals surface area contributed by atoms with E-state index in [2.05, 4.69) is 5.32 Å². The van der Waals surface area contributed by atoms with Crippen LogP contribution in [0.3, 0.4) is 0 Å². The number of phenols is 1. The van der Waals surface area contributed by atoms with Gasteiger partial charge in [0.05, 0.1) is 6.04 Å². The van der Waals surface area contributed by atoms with Crippen LogP contribution in [0.1, 0.15) is 59.6 Å². The number of nitrogens with one attached hydrogen (secondary N) is 1. The highest BCUT2D eigenvalue weighted by Crippen LogP contribution is 2.28. The Morgan fingerprint density at radius 1 is 0.873 bits per heavy atom. The number of aromatic hydroxyl groups is 1. The molecular formula is C44H50ClN5O5. The number of amides is 4. The molecule has 1 saturated heterocycles. The number of carbonyl (C=O) groups is 4. The molecule has 11 heteroatoms. The molecule has 2 heterocycles. The minimum absolute atomic E-state index is 0.0325. The lowest BCUT2D eigenvalue weighted by Gasteiger charge is -2.40. The van der Waals surface area contributed by atoms with E-state index in [1.165, 1.54) is 0 Å². The molecule has 0 spiro atoms. The fourth-order valence-corrected chi connectivity index (χ4v) is 8.13. The van der Waals surface area contributed by atoms with Crippen molar-refractivity contribution in [1.82, 2.24) is 15.1 Å². The Balaban J connectivity index is 1.23. The van der Waals surface area contributed by atoms with Crippen LogP contribution in [0.25, 0.3) is 0 Å². The molecule has 1 fully saturated rings. The number of phenolic OH excluding ortho intramolecular Hbond substituents is 1. The molecule has 2 aliphatic heterocycles. The molecule has 0 bridgehead atoms. The molecule has 4 aromatic carbocycles. The predicted molar refractivity (Wildman–Crippen MR) is 215 cm³/mol. The first-order valence-electron chi connectivity index (χ1n) is 19.1. The molecule has 4 amide bonds. The summed E-state index contributed by atoms with van der Waals surface area (Å²) in [6.45, 7) is 6.64. The molecule has 288 valence electrons. The molecule has 4 N–H and O–H groups in total. The summed E-state index contributed by atoms with van der Waals surface area (Å²) in [5.41, 5.74) is 12.7. The van der Waals surface area contributed by atoms with Crippen LogP contribution in [0.15, 0.2) is 91.0 Å². The first-order valence-corrected chi connectivity index (χ1v) is 19.4. The highest BCUT2D eigenvalue weighted by atomic mass is 35.5. The van der Waals surface area contributed by atoms with E-state index in [0.717, 1.165) is 39.1 Å². The molecule has 3 atom stereocenters. The number of anilines is 1. The molecule has 55 heavy (non-hydrogen) atoms. The van der Waals surface area contributed by atoms with Crippen LogP contribution >= 0.6 is 11.6 Å². The summed E-state index contributed by atoms with van der Waals surface area (Å²) in [6, 6.07) is 25.0. The maximum absolute atomic E-state index is 14.5. The van der Waals surface area contributed by atoms with E-state index in [4.69, 9.17) is 17.3 Å². The number of likely N-dealkylation sites (tertiary alicyclic amines) is 1. The minimum atomic E-state index is -0.940. The third kappa shape index (κ3) is 9.20. The minimum Gasteiger partial charge on any atom is -0.508 e. The van der Waals surface area contributed by atoms with Crippen LogP contribution in [-0.4, -0.2) is 75.8 Å². The zero-order valence-electron chi connectivity index (χ0n) is 31.7. The monoisotopic (exact) mass is 763 g/mol. The zero-order valence-corrected chi connectivity index (χ0v) is 32.5. The van der Waals surface area contributed by atoms with E-state index >= 15 is 0 Å². The summed E-state index contributed by atoms with van der Waals surface area (Å²) in [5, 5.41) is 13.7. The number of para-hydroxylation sites is 1. The number of nitrogens with zero attached hydrogens (tertiary/aromatic N) is 3. The van der Waals surface area contributed by atoms with Crippen molar-refractivity contribution < 1.29 is 24.3 Å². The van der Waals surface area contributed by atoms with Gasteiger partial charge in [-0.3, -0.25) is 19.2 Å². The number of carbonyl (C=O) groups excluding carboxylic acids is 4. The second kappa shape index (κ2) is 17.5. The van der Waals surface area contributed by atoms with Gasteiger partial charge in [-0.2, -0.15) is 0 Å². The Bertz CT molecular complexity index is 1990. The SMILES string of the molecule is CCC(=O)N(c1ccccc1)C1CCN(C(=O)[C@@H](Cc2ccc(Cl)cc2)NC(=O)[C@@H]2Cc3ccccc3CN2C(=O)[C@H](N)Cc2c(C)cc(O)cc2C)CC1. The van der Waals surface area contributed by atoms with Crippen molar-refractivity contribution in [2.24, 2.45) is 5.73 Å². The molecule has 4 aromatic rings. The molecule has 10 nitrogen and oxygen atoms in total. The maximum Gasteiger partial charge on any atom is 0.245 e. The van der Waals surface area contributed by atoms with Crippen LogP contribution in [0.2, 0.25) is 5.02 Å². The lowest BCUT2D eigenvalue weighted by atomic mass is 9.91. The van der Waals surface area contributed by atoms with Crippen molar-refractivity contribution in [3.05, 3.63) is 129 Å². The molecule has 0 aromatic heterocycles. The largest absolute Gasteiger partial charge is 0.508 e. The second-order valence-electron chi connectivity index (χ2n) is 14.7. The Morgan fingerprint density at radius 3 is 2.13 bits per heavy atom. The van der Waals surface area contributed by atoms with Gasteiger partial charge in [0.15, 0.2) is 0 Å². The van der Waals surface area contributed by atoms with E-state index in [9.17, 15) is 24.3 Å². The standard InChI is InChI=1S/C44H50ClN5O5/c1-4-41(52)50(34-12-6-5-7-13-34)35-18-20-48(21-19-35)44(55)39(24-30-14-16-33(45)17-15-30)47-42(53)40-25-31-10-8-9-11-32(31)27-49(40)43(54)38(46)26-37-28(2)22-36(51)23-29(37)3/h5-17,22-23,35,38-40,51H,4,18-21,24-27,46H2,1-3H3,(H,47,53)/t38-,39-,40+/m1/s1. The van der Waals surface area contributed by atoms with Gasteiger partial charge in [0.1, 0.15) is 17.8 Å². The maximum atomic E-state index is 14.5. The first kappa shape index (κ1) is 39.5. The van der Waals surface area contributed by atoms with Crippen molar-refractivity contribution >= 4 is 40.9 Å². The molecular weight excluding hydrogens is 714 g/mol. The van der Waals surface area contributed by atoms with Gasteiger partial charge < -0.3 is 30.9 Å². The van der Waals surface area contributed by atoms with E-state index in [1.54, 1.807) is 34.1 Å². The predicted octanol–water partition coefficient (Wildman–Crippen LogP) is 5.65.